The van der Waals surface area contributed by atoms with Gasteiger partial charge in [0.1, 0.15) is 0 Å². The monoisotopic (exact) mass is 296 g/mol. The lowest BCUT2D eigenvalue weighted by Gasteiger charge is -2.40. The second kappa shape index (κ2) is 6.26. The van der Waals surface area contributed by atoms with Gasteiger partial charge in [-0.3, -0.25) is 4.79 Å². The maximum atomic E-state index is 11.7. The van der Waals surface area contributed by atoms with Crippen LogP contribution in [0.15, 0.2) is 12.1 Å². The summed E-state index contributed by atoms with van der Waals surface area (Å²) in [6, 6.07) is 3.79. The van der Waals surface area contributed by atoms with E-state index < -0.39 is 5.97 Å². The van der Waals surface area contributed by atoms with Crippen LogP contribution in [0.4, 0.5) is 4.79 Å². The molecular weight excluding hydrogens is 276 g/mol. The fourth-order valence-electron chi connectivity index (χ4n) is 2.49. The molecule has 0 radical (unpaired) electrons. The Balaban J connectivity index is 1.73. The number of hydrogen-bond donors (Lipinski definition) is 3. The zero-order chi connectivity index (χ0) is 14.6. The molecule has 1 heterocycles. The predicted octanol–water partition coefficient (Wildman–Crippen LogP) is 2.50. The van der Waals surface area contributed by atoms with Gasteiger partial charge in [-0.1, -0.05) is 6.42 Å². The van der Waals surface area contributed by atoms with Gasteiger partial charge in [-0.2, -0.15) is 0 Å². The van der Waals surface area contributed by atoms with Gasteiger partial charge in [-0.15, -0.1) is 11.3 Å². The van der Waals surface area contributed by atoms with E-state index in [1.165, 1.54) is 4.88 Å². The molecule has 1 aromatic heterocycles. The Bertz CT molecular complexity index is 494. The molecule has 1 aliphatic rings. The van der Waals surface area contributed by atoms with E-state index in [0.717, 1.165) is 24.1 Å². The molecule has 2 rings (SSSR count). The lowest BCUT2D eigenvalue weighted by Crippen LogP contribution is -2.46. The number of carbonyl (C=O) groups excluding carboxylic acids is 1. The molecule has 1 fully saturated rings. The van der Waals surface area contributed by atoms with Crippen LogP contribution in [0.1, 0.15) is 35.4 Å². The Morgan fingerprint density at radius 1 is 1.35 bits per heavy atom. The first-order chi connectivity index (χ1) is 9.49. The Morgan fingerprint density at radius 3 is 2.60 bits per heavy atom. The minimum absolute atomic E-state index is 0.136. The van der Waals surface area contributed by atoms with Gasteiger partial charge in [-0.25, -0.2) is 4.79 Å². The number of nitrogens with one attached hydrogen (secondary N) is 2. The first kappa shape index (κ1) is 14.8. The van der Waals surface area contributed by atoms with Gasteiger partial charge in [0.2, 0.25) is 0 Å². The van der Waals surface area contributed by atoms with Gasteiger partial charge in [0, 0.05) is 16.3 Å². The smallest absolute Gasteiger partial charge is 0.315 e. The molecule has 0 unspecified atom stereocenters. The third-order valence-corrected chi connectivity index (χ3v) is 4.78. The van der Waals surface area contributed by atoms with Crippen LogP contribution in [-0.4, -0.2) is 23.7 Å². The van der Waals surface area contributed by atoms with E-state index in [1.807, 2.05) is 19.1 Å². The molecule has 3 N–H and O–H groups in total. The minimum atomic E-state index is -0.791. The number of aliphatic carboxylic acids is 1. The number of hydrogen-bond acceptors (Lipinski definition) is 3. The van der Waals surface area contributed by atoms with Crippen molar-refractivity contribution < 1.29 is 14.7 Å². The number of carboxylic acid groups (broad SMARTS) is 1. The molecule has 0 aliphatic heterocycles. The number of rotatable bonds is 6. The standard InChI is InChI=1S/C14H20N2O3S/c1-10-3-4-11(20-10)8-15-13(19)16-9-14(5-2-6-14)7-12(17)18/h3-4H,2,5-9H2,1H3,(H,17,18)(H2,15,16,19). The van der Waals surface area contributed by atoms with Crippen LogP contribution in [0.3, 0.4) is 0 Å². The minimum Gasteiger partial charge on any atom is -0.481 e. The number of carboxylic acids is 1. The first-order valence-electron chi connectivity index (χ1n) is 6.78. The normalized spacial score (nSPS) is 16.2. The fraction of sp³-hybridized carbons (Fsp3) is 0.571. The summed E-state index contributed by atoms with van der Waals surface area (Å²) in [6.07, 6.45) is 2.94. The molecule has 0 aromatic carbocycles. The third-order valence-electron chi connectivity index (χ3n) is 3.78. The number of urea groups is 1. The van der Waals surface area contributed by atoms with Crippen molar-refractivity contribution in [2.45, 2.75) is 39.2 Å². The highest BCUT2D eigenvalue weighted by atomic mass is 32.1. The highest BCUT2D eigenvalue weighted by Crippen LogP contribution is 2.43. The second-order valence-electron chi connectivity index (χ2n) is 5.47. The molecule has 2 amide bonds. The predicted molar refractivity (Wildman–Crippen MR) is 77.8 cm³/mol. The largest absolute Gasteiger partial charge is 0.481 e. The molecule has 0 saturated heterocycles. The van der Waals surface area contributed by atoms with Gasteiger partial charge in [0.05, 0.1) is 13.0 Å². The van der Waals surface area contributed by atoms with E-state index in [1.54, 1.807) is 11.3 Å². The molecule has 0 atom stereocenters. The van der Waals surface area contributed by atoms with E-state index in [4.69, 9.17) is 5.11 Å². The highest BCUT2D eigenvalue weighted by Gasteiger charge is 2.39. The number of carbonyl (C=O) groups is 2. The summed E-state index contributed by atoms with van der Waals surface area (Å²) < 4.78 is 0. The van der Waals surface area contributed by atoms with Crippen LogP contribution in [0.5, 0.6) is 0 Å². The summed E-state index contributed by atoms with van der Waals surface area (Å²) in [4.78, 5) is 24.9. The van der Waals surface area contributed by atoms with Crippen LogP contribution >= 0.6 is 11.3 Å². The second-order valence-corrected chi connectivity index (χ2v) is 6.85. The lowest BCUT2D eigenvalue weighted by molar-refractivity contribution is -0.141. The Hall–Kier alpha value is -1.56. The van der Waals surface area contributed by atoms with Crippen molar-refractivity contribution in [2.75, 3.05) is 6.54 Å². The van der Waals surface area contributed by atoms with Crippen molar-refractivity contribution in [3.63, 3.8) is 0 Å². The molecule has 6 heteroatoms. The van der Waals surface area contributed by atoms with E-state index >= 15 is 0 Å². The summed E-state index contributed by atoms with van der Waals surface area (Å²) in [5, 5.41) is 14.5. The third kappa shape index (κ3) is 3.96. The molecule has 5 nitrogen and oxygen atoms in total. The van der Waals surface area contributed by atoms with Crippen molar-refractivity contribution >= 4 is 23.3 Å². The van der Waals surface area contributed by atoms with Gasteiger partial charge in [0.15, 0.2) is 0 Å². The molecular formula is C14H20N2O3S. The zero-order valence-electron chi connectivity index (χ0n) is 11.6. The number of amides is 2. The van der Waals surface area contributed by atoms with Crippen molar-refractivity contribution in [2.24, 2.45) is 5.41 Å². The highest BCUT2D eigenvalue weighted by molar-refractivity contribution is 7.11. The van der Waals surface area contributed by atoms with Gasteiger partial charge < -0.3 is 15.7 Å². The molecule has 20 heavy (non-hydrogen) atoms. The summed E-state index contributed by atoms with van der Waals surface area (Å²) in [5.74, 6) is -0.791. The summed E-state index contributed by atoms with van der Waals surface area (Å²) in [5.41, 5.74) is -0.233. The van der Waals surface area contributed by atoms with E-state index in [0.29, 0.717) is 13.1 Å². The van der Waals surface area contributed by atoms with E-state index in [2.05, 4.69) is 10.6 Å². The molecule has 0 spiro atoms. The van der Waals surface area contributed by atoms with Crippen LogP contribution in [0.2, 0.25) is 0 Å². The Morgan fingerprint density at radius 2 is 2.10 bits per heavy atom. The van der Waals surface area contributed by atoms with Crippen molar-refractivity contribution in [1.82, 2.24) is 10.6 Å². The van der Waals surface area contributed by atoms with Crippen LogP contribution in [0, 0.1) is 12.3 Å². The van der Waals surface area contributed by atoms with Crippen molar-refractivity contribution in [3.8, 4) is 0 Å². The average molecular weight is 296 g/mol. The van der Waals surface area contributed by atoms with Gasteiger partial charge >= 0.3 is 12.0 Å². The average Bonchev–Trinajstić information content (AvgIpc) is 2.75. The molecule has 1 aliphatic carbocycles. The molecule has 110 valence electrons. The van der Waals surface area contributed by atoms with Crippen LogP contribution in [-0.2, 0) is 11.3 Å². The van der Waals surface area contributed by atoms with E-state index in [-0.39, 0.29) is 17.9 Å². The SMILES string of the molecule is Cc1ccc(CNC(=O)NCC2(CC(=O)O)CCC2)s1. The molecule has 1 saturated carbocycles. The van der Waals surface area contributed by atoms with E-state index in [9.17, 15) is 9.59 Å². The lowest BCUT2D eigenvalue weighted by atomic mass is 9.66. The zero-order valence-corrected chi connectivity index (χ0v) is 12.4. The first-order valence-corrected chi connectivity index (χ1v) is 7.60. The van der Waals surface area contributed by atoms with Crippen LogP contribution < -0.4 is 10.6 Å². The molecule has 0 bridgehead atoms. The topological polar surface area (TPSA) is 78.4 Å². The summed E-state index contributed by atoms with van der Waals surface area (Å²) in [6.45, 7) is 2.98. The summed E-state index contributed by atoms with van der Waals surface area (Å²) in [7, 11) is 0. The maximum absolute atomic E-state index is 11.7. The molecule has 1 aromatic rings. The van der Waals surface area contributed by atoms with Crippen molar-refractivity contribution in [3.05, 3.63) is 21.9 Å². The van der Waals surface area contributed by atoms with Crippen molar-refractivity contribution in [1.29, 1.82) is 0 Å². The quantitative estimate of drug-likeness (QED) is 0.754. The van der Waals surface area contributed by atoms with Gasteiger partial charge in [-0.05, 0) is 37.3 Å². The number of aryl methyl sites for hydroxylation is 1. The maximum Gasteiger partial charge on any atom is 0.315 e. The fourth-order valence-corrected chi connectivity index (χ4v) is 3.32. The summed E-state index contributed by atoms with van der Waals surface area (Å²) >= 11 is 1.66. The Kier molecular flexibility index (Phi) is 4.65. The number of thiophene rings is 1. The Labute approximate surface area is 122 Å². The van der Waals surface area contributed by atoms with Crippen LogP contribution in [0.25, 0.3) is 0 Å². The van der Waals surface area contributed by atoms with Gasteiger partial charge in [0.25, 0.3) is 0 Å².